The normalized spacial score (nSPS) is 16.0. The van der Waals surface area contributed by atoms with E-state index < -0.39 is 21.2 Å². The number of halogens is 1. The lowest BCUT2D eigenvalue weighted by molar-refractivity contribution is 0.193. The highest BCUT2D eigenvalue weighted by Gasteiger charge is 2.28. The summed E-state index contributed by atoms with van der Waals surface area (Å²) in [6, 6.07) is 6.22. The van der Waals surface area contributed by atoms with Gasteiger partial charge in [-0.3, -0.25) is 0 Å². The molecule has 5 heteroatoms. The van der Waals surface area contributed by atoms with Crippen LogP contribution in [0, 0.1) is 0 Å². The van der Waals surface area contributed by atoms with Gasteiger partial charge in [-0.15, -0.1) is 0 Å². The maximum Gasteiger partial charge on any atom is 0.184 e. The Kier molecular flexibility index (Phi) is 3.76. The molecule has 0 aromatic heterocycles. The number of benzene rings is 1. The highest BCUT2D eigenvalue weighted by atomic mass is 35.5. The minimum Gasteiger partial charge on any atom is -0.392 e. The predicted octanol–water partition coefficient (Wildman–Crippen LogP) is 1.88. The molecule has 0 amide bonds. The summed E-state index contributed by atoms with van der Waals surface area (Å²) in [4.78, 5) is 0.0695. The standard InChI is InChI=1S/C10H13ClO3S/c1-7(12)8(2)15(13,14)10-6-4-3-5-9(10)11/h3-8,12H,1-2H3. The van der Waals surface area contributed by atoms with Crippen molar-refractivity contribution in [2.45, 2.75) is 30.1 Å². The number of aliphatic hydroxyl groups is 1. The van der Waals surface area contributed by atoms with Crippen LogP contribution in [-0.4, -0.2) is 24.9 Å². The average molecular weight is 249 g/mol. The third kappa shape index (κ3) is 2.51. The van der Waals surface area contributed by atoms with E-state index in [1.54, 1.807) is 12.1 Å². The summed E-state index contributed by atoms with van der Waals surface area (Å²) in [5.41, 5.74) is 0. The Morgan fingerprint density at radius 1 is 1.27 bits per heavy atom. The molecule has 0 spiro atoms. The molecule has 0 bridgehead atoms. The van der Waals surface area contributed by atoms with E-state index in [0.717, 1.165) is 0 Å². The first kappa shape index (κ1) is 12.5. The largest absolute Gasteiger partial charge is 0.392 e. The van der Waals surface area contributed by atoms with Crippen LogP contribution < -0.4 is 0 Å². The van der Waals surface area contributed by atoms with Crippen LogP contribution in [-0.2, 0) is 9.84 Å². The minimum absolute atomic E-state index is 0.0695. The lowest BCUT2D eigenvalue weighted by atomic mass is 10.3. The quantitative estimate of drug-likeness (QED) is 0.889. The van der Waals surface area contributed by atoms with Crippen molar-refractivity contribution in [3.05, 3.63) is 29.3 Å². The van der Waals surface area contributed by atoms with E-state index >= 15 is 0 Å². The van der Waals surface area contributed by atoms with Gasteiger partial charge in [0, 0.05) is 0 Å². The molecule has 0 fully saturated rings. The van der Waals surface area contributed by atoms with Gasteiger partial charge in [-0.25, -0.2) is 8.42 Å². The summed E-state index contributed by atoms with van der Waals surface area (Å²) >= 11 is 5.80. The smallest absolute Gasteiger partial charge is 0.184 e. The number of hydrogen-bond acceptors (Lipinski definition) is 3. The fraction of sp³-hybridized carbons (Fsp3) is 0.400. The Labute approximate surface area is 94.6 Å². The number of aliphatic hydroxyl groups excluding tert-OH is 1. The summed E-state index contributed by atoms with van der Waals surface area (Å²) in [7, 11) is -3.55. The van der Waals surface area contributed by atoms with Crippen molar-refractivity contribution >= 4 is 21.4 Å². The topological polar surface area (TPSA) is 54.4 Å². The molecule has 0 heterocycles. The van der Waals surface area contributed by atoms with Gasteiger partial charge < -0.3 is 5.11 Å². The zero-order valence-corrected chi connectivity index (χ0v) is 10.1. The van der Waals surface area contributed by atoms with Crippen LogP contribution >= 0.6 is 11.6 Å². The van der Waals surface area contributed by atoms with Crippen molar-refractivity contribution in [1.29, 1.82) is 0 Å². The summed E-state index contributed by atoms with van der Waals surface area (Å²) in [5.74, 6) is 0. The third-order valence-corrected chi connectivity index (χ3v) is 5.10. The fourth-order valence-corrected chi connectivity index (χ4v) is 3.12. The van der Waals surface area contributed by atoms with Crippen molar-refractivity contribution in [2.75, 3.05) is 0 Å². The first-order chi connectivity index (χ1) is 6.87. The highest BCUT2D eigenvalue weighted by molar-refractivity contribution is 7.92. The van der Waals surface area contributed by atoms with Crippen LogP contribution in [0.1, 0.15) is 13.8 Å². The van der Waals surface area contributed by atoms with Crippen LogP contribution in [0.5, 0.6) is 0 Å². The van der Waals surface area contributed by atoms with E-state index in [4.69, 9.17) is 11.6 Å². The van der Waals surface area contributed by atoms with Crippen LogP contribution in [0.3, 0.4) is 0 Å². The van der Waals surface area contributed by atoms with Gasteiger partial charge in [-0.1, -0.05) is 23.7 Å². The van der Waals surface area contributed by atoms with Crippen molar-refractivity contribution in [1.82, 2.24) is 0 Å². The van der Waals surface area contributed by atoms with Crippen LogP contribution in [0.15, 0.2) is 29.2 Å². The van der Waals surface area contributed by atoms with Crippen molar-refractivity contribution in [3.8, 4) is 0 Å². The Bertz CT molecular complexity index is 440. The monoisotopic (exact) mass is 248 g/mol. The van der Waals surface area contributed by atoms with Gasteiger partial charge in [0.2, 0.25) is 0 Å². The summed E-state index contributed by atoms with van der Waals surface area (Å²) < 4.78 is 23.9. The summed E-state index contributed by atoms with van der Waals surface area (Å²) in [6.45, 7) is 2.91. The zero-order valence-electron chi connectivity index (χ0n) is 8.51. The van der Waals surface area contributed by atoms with E-state index in [2.05, 4.69) is 0 Å². The molecule has 2 atom stereocenters. The van der Waals surface area contributed by atoms with Crippen LogP contribution in [0.2, 0.25) is 5.02 Å². The van der Waals surface area contributed by atoms with Gasteiger partial charge in [0.25, 0.3) is 0 Å². The molecule has 1 aromatic rings. The van der Waals surface area contributed by atoms with E-state index in [1.807, 2.05) is 0 Å². The van der Waals surface area contributed by atoms with Gasteiger partial charge in [0.1, 0.15) is 0 Å². The van der Waals surface area contributed by atoms with Gasteiger partial charge in [0.05, 0.1) is 21.3 Å². The molecule has 0 saturated heterocycles. The summed E-state index contributed by atoms with van der Waals surface area (Å²) in [6.07, 6.45) is -0.925. The number of hydrogen-bond donors (Lipinski definition) is 1. The molecule has 0 saturated carbocycles. The number of rotatable bonds is 3. The summed E-state index contributed by atoms with van der Waals surface area (Å²) in [5, 5.41) is 8.61. The predicted molar refractivity (Wildman–Crippen MR) is 59.8 cm³/mol. The SMILES string of the molecule is CC(O)C(C)S(=O)(=O)c1ccccc1Cl. The molecule has 0 aliphatic rings. The Morgan fingerprint density at radius 2 is 1.80 bits per heavy atom. The Hall–Kier alpha value is -0.580. The Balaban J connectivity index is 3.24. The molecule has 1 N–H and O–H groups in total. The van der Waals surface area contributed by atoms with Crippen molar-refractivity contribution in [2.24, 2.45) is 0 Å². The first-order valence-corrected chi connectivity index (χ1v) is 6.46. The van der Waals surface area contributed by atoms with Crippen molar-refractivity contribution in [3.63, 3.8) is 0 Å². The molecule has 0 aliphatic heterocycles. The van der Waals surface area contributed by atoms with Gasteiger partial charge >= 0.3 is 0 Å². The lowest BCUT2D eigenvalue weighted by Crippen LogP contribution is -2.29. The molecular formula is C10H13ClO3S. The second-order valence-electron chi connectivity index (χ2n) is 3.42. The van der Waals surface area contributed by atoms with E-state index in [9.17, 15) is 13.5 Å². The lowest BCUT2D eigenvalue weighted by Gasteiger charge is -2.16. The average Bonchev–Trinajstić information content (AvgIpc) is 2.16. The third-order valence-electron chi connectivity index (χ3n) is 2.31. The molecule has 1 rings (SSSR count). The Morgan fingerprint density at radius 3 is 2.27 bits per heavy atom. The van der Waals surface area contributed by atoms with E-state index in [-0.39, 0.29) is 9.92 Å². The van der Waals surface area contributed by atoms with E-state index in [1.165, 1.54) is 26.0 Å². The molecule has 0 aliphatic carbocycles. The zero-order chi connectivity index (χ0) is 11.6. The second-order valence-corrected chi connectivity index (χ2v) is 6.10. The van der Waals surface area contributed by atoms with Crippen LogP contribution in [0.4, 0.5) is 0 Å². The minimum atomic E-state index is -3.55. The first-order valence-electron chi connectivity index (χ1n) is 4.54. The van der Waals surface area contributed by atoms with E-state index in [0.29, 0.717) is 0 Å². The molecule has 3 nitrogen and oxygen atoms in total. The van der Waals surface area contributed by atoms with Gasteiger partial charge in [0.15, 0.2) is 9.84 Å². The molecule has 2 unspecified atom stereocenters. The number of sulfone groups is 1. The van der Waals surface area contributed by atoms with Gasteiger partial charge in [-0.2, -0.15) is 0 Å². The molecule has 0 radical (unpaired) electrons. The maximum atomic E-state index is 12.0. The highest BCUT2D eigenvalue weighted by Crippen LogP contribution is 2.25. The molecule has 1 aromatic carbocycles. The maximum absolute atomic E-state index is 12.0. The second kappa shape index (κ2) is 4.51. The van der Waals surface area contributed by atoms with Crippen LogP contribution in [0.25, 0.3) is 0 Å². The molecule has 84 valence electrons. The fourth-order valence-electron chi connectivity index (χ4n) is 1.14. The molecule has 15 heavy (non-hydrogen) atoms. The molecular weight excluding hydrogens is 236 g/mol. The van der Waals surface area contributed by atoms with Crippen molar-refractivity contribution < 1.29 is 13.5 Å². The van der Waals surface area contributed by atoms with Gasteiger partial charge in [-0.05, 0) is 26.0 Å².